The zero-order chi connectivity index (χ0) is 11.3. The molecule has 1 aromatic carbocycles. The van der Waals surface area contributed by atoms with Crippen LogP contribution in [0, 0.1) is 6.92 Å². The van der Waals surface area contributed by atoms with Gasteiger partial charge in [-0.1, -0.05) is 31.2 Å². The first-order valence-corrected chi connectivity index (χ1v) is 5.23. The highest BCUT2D eigenvalue weighted by Gasteiger charge is 2.09. The van der Waals surface area contributed by atoms with Gasteiger partial charge in [0.15, 0.2) is 0 Å². The van der Waals surface area contributed by atoms with Crippen LogP contribution in [0.5, 0.6) is 0 Å². The van der Waals surface area contributed by atoms with Crippen LogP contribution in [-0.2, 0) is 11.3 Å². The lowest BCUT2D eigenvalue weighted by Crippen LogP contribution is -2.39. The summed E-state index contributed by atoms with van der Waals surface area (Å²) in [4.78, 5) is 11.4. The van der Waals surface area contributed by atoms with E-state index in [0.717, 1.165) is 5.56 Å². The molecule has 0 unspecified atom stereocenters. The monoisotopic (exact) mass is 242 g/mol. The van der Waals surface area contributed by atoms with Crippen molar-refractivity contribution >= 4 is 18.3 Å². The Morgan fingerprint density at radius 2 is 2.06 bits per heavy atom. The Hall–Kier alpha value is -1.06. The molecule has 0 aliphatic heterocycles. The molecule has 3 N–H and O–H groups in total. The average molecular weight is 243 g/mol. The van der Waals surface area contributed by atoms with Crippen LogP contribution in [0.25, 0.3) is 0 Å². The Labute approximate surface area is 103 Å². The van der Waals surface area contributed by atoms with Crippen LogP contribution in [0.15, 0.2) is 24.3 Å². The van der Waals surface area contributed by atoms with Gasteiger partial charge < -0.3 is 11.1 Å². The number of halogens is 1. The standard InChI is InChI=1S/C12H18N2O.ClH/c1-3-11(13)12(15)14-8-10-7-5-4-6-9(10)2;/h4-7,11H,3,8,13H2,1-2H3,(H,14,15);1H/t11-;/m0./s1. The van der Waals surface area contributed by atoms with Gasteiger partial charge in [0.25, 0.3) is 0 Å². The highest BCUT2D eigenvalue weighted by Crippen LogP contribution is 2.06. The molecule has 3 nitrogen and oxygen atoms in total. The van der Waals surface area contributed by atoms with E-state index in [0.29, 0.717) is 13.0 Å². The van der Waals surface area contributed by atoms with Crippen molar-refractivity contribution in [2.45, 2.75) is 32.9 Å². The van der Waals surface area contributed by atoms with Crippen molar-refractivity contribution in [1.29, 1.82) is 0 Å². The summed E-state index contributed by atoms with van der Waals surface area (Å²) in [5.74, 6) is -0.0826. The fraction of sp³-hybridized carbons (Fsp3) is 0.417. The summed E-state index contributed by atoms with van der Waals surface area (Å²) in [6, 6.07) is 7.59. The summed E-state index contributed by atoms with van der Waals surface area (Å²) in [7, 11) is 0. The van der Waals surface area contributed by atoms with E-state index in [1.165, 1.54) is 5.56 Å². The maximum Gasteiger partial charge on any atom is 0.237 e. The van der Waals surface area contributed by atoms with Gasteiger partial charge in [-0.25, -0.2) is 0 Å². The van der Waals surface area contributed by atoms with Gasteiger partial charge in [-0.3, -0.25) is 4.79 Å². The van der Waals surface area contributed by atoms with Gasteiger partial charge in [-0.05, 0) is 24.5 Å². The third-order valence-electron chi connectivity index (χ3n) is 2.49. The molecule has 90 valence electrons. The molecule has 0 bridgehead atoms. The molecule has 0 spiro atoms. The van der Waals surface area contributed by atoms with Crippen LogP contribution in [-0.4, -0.2) is 11.9 Å². The van der Waals surface area contributed by atoms with Crippen LogP contribution in [0.4, 0.5) is 0 Å². The minimum atomic E-state index is -0.394. The first-order valence-electron chi connectivity index (χ1n) is 5.23. The largest absolute Gasteiger partial charge is 0.351 e. The van der Waals surface area contributed by atoms with Gasteiger partial charge in [0, 0.05) is 6.54 Å². The second kappa shape index (κ2) is 7.25. The molecule has 4 heteroatoms. The number of carbonyl (C=O) groups is 1. The molecule has 0 fully saturated rings. The molecule has 0 aromatic heterocycles. The quantitative estimate of drug-likeness (QED) is 0.846. The molecule has 0 heterocycles. The van der Waals surface area contributed by atoms with E-state index < -0.39 is 6.04 Å². The topological polar surface area (TPSA) is 55.1 Å². The molecule has 0 aliphatic carbocycles. The third kappa shape index (κ3) is 4.21. The predicted octanol–water partition coefficient (Wildman–Crippen LogP) is 1.77. The van der Waals surface area contributed by atoms with Crippen molar-refractivity contribution in [2.75, 3.05) is 0 Å². The van der Waals surface area contributed by atoms with E-state index in [-0.39, 0.29) is 18.3 Å². The SMILES string of the molecule is CC[C@H](N)C(=O)NCc1ccccc1C.Cl. The van der Waals surface area contributed by atoms with Crippen molar-refractivity contribution in [3.05, 3.63) is 35.4 Å². The lowest BCUT2D eigenvalue weighted by atomic mass is 10.1. The van der Waals surface area contributed by atoms with Crippen LogP contribution < -0.4 is 11.1 Å². The van der Waals surface area contributed by atoms with E-state index in [4.69, 9.17) is 5.73 Å². The van der Waals surface area contributed by atoms with E-state index in [1.54, 1.807) is 0 Å². The minimum Gasteiger partial charge on any atom is -0.351 e. The summed E-state index contributed by atoms with van der Waals surface area (Å²) in [5.41, 5.74) is 7.92. The van der Waals surface area contributed by atoms with Crippen molar-refractivity contribution in [2.24, 2.45) is 5.73 Å². The highest BCUT2D eigenvalue weighted by atomic mass is 35.5. The molecule has 0 saturated carbocycles. The number of aryl methyl sites for hydroxylation is 1. The number of hydrogen-bond acceptors (Lipinski definition) is 2. The highest BCUT2D eigenvalue weighted by molar-refractivity contribution is 5.85. The van der Waals surface area contributed by atoms with Crippen LogP contribution in [0.2, 0.25) is 0 Å². The third-order valence-corrected chi connectivity index (χ3v) is 2.49. The summed E-state index contributed by atoms with van der Waals surface area (Å²) >= 11 is 0. The van der Waals surface area contributed by atoms with Gasteiger partial charge in [0.2, 0.25) is 5.91 Å². The molecule has 1 atom stereocenters. The number of carbonyl (C=O) groups excluding carboxylic acids is 1. The average Bonchev–Trinajstić information content (AvgIpc) is 2.26. The molecule has 0 saturated heterocycles. The van der Waals surface area contributed by atoms with Gasteiger partial charge >= 0.3 is 0 Å². The Kier molecular flexibility index (Phi) is 6.77. The summed E-state index contributed by atoms with van der Waals surface area (Å²) in [6.07, 6.45) is 0.666. The molecule has 0 radical (unpaired) electrons. The molecule has 0 aliphatic rings. The maximum atomic E-state index is 11.4. The molecular weight excluding hydrogens is 224 g/mol. The van der Waals surface area contributed by atoms with Gasteiger partial charge in [0.05, 0.1) is 6.04 Å². The zero-order valence-corrected chi connectivity index (χ0v) is 10.5. The van der Waals surface area contributed by atoms with Crippen LogP contribution in [0.3, 0.4) is 0 Å². The fourth-order valence-corrected chi connectivity index (χ4v) is 1.31. The molecular formula is C12H19ClN2O. The van der Waals surface area contributed by atoms with Crippen LogP contribution >= 0.6 is 12.4 Å². The van der Waals surface area contributed by atoms with Crippen molar-refractivity contribution in [1.82, 2.24) is 5.32 Å². The molecule has 16 heavy (non-hydrogen) atoms. The number of hydrogen-bond donors (Lipinski definition) is 2. The first-order chi connectivity index (χ1) is 7.15. The van der Waals surface area contributed by atoms with Crippen LogP contribution in [0.1, 0.15) is 24.5 Å². The van der Waals surface area contributed by atoms with Gasteiger partial charge in [0.1, 0.15) is 0 Å². The summed E-state index contributed by atoms with van der Waals surface area (Å²) in [6.45, 7) is 4.48. The molecule has 1 aromatic rings. The Bertz CT molecular complexity index is 342. The van der Waals surface area contributed by atoms with E-state index in [9.17, 15) is 4.79 Å². The van der Waals surface area contributed by atoms with E-state index >= 15 is 0 Å². The number of rotatable bonds is 4. The number of nitrogens with two attached hydrogens (primary N) is 1. The number of amides is 1. The Morgan fingerprint density at radius 1 is 1.44 bits per heavy atom. The fourth-order valence-electron chi connectivity index (χ4n) is 1.31. The van der Waals surface area contributed by atoms with Crippen molar-refractivity contribution in [3.63, 3.8) is 0 Å². The lowest BCUT2D eigenvalue weighted by Gasteiger charge is -2.11. The van der Waals surface area contributed by atoms with E-state index in [1.807, 2.05) is 38.1 Å². The number of nitrogens with one attached hydrogen (secondary N) is 1. The second-order valence-corrected chi connectivity index (χ2v) is 3.66. The maximum absolute atomic E-state index is 11.4. The Balaban J connectivity index is 0.00000225. The minimum absolute atomic E-state index is 0. The van der Waals surface area contributed by atoms with Gasteiger partial charge in [-0.2, -0.15) is 0 Å². The second-order valence-electron chi connectivity index (χ2n) is 3.66. The predicted molar refractivity (Wildman–Crippen MR) is 68.5 cm³/mol. The van der Waals surface area contributed by atoms with Crippen molar-refractivity contribution < 1.29 is 4.79 Å². The van der Waals surface area contributed by atoms with Crippen molar-refractivity contribution in [3.8, 4) is 0 Å². The normalized spacial score (nSPS) is 11.4. The first kappa shape index (κ1) is 14.9. The molecule has 1 amide bonds. The Morgan fingerprint density at radius 3 is 2.62 bits per heavy atom. The van der Waals surface area contributed by atoms with Gasteiger partial charge in [-0.15, -0.1) is 12.4 Å². The number of benzene rings is 1. The van der Waals surface area contributed by atoms with E-state index in [2.05, 4.69) is 5.32 Å². The summed E-state index contributed by atoms with van der Waals surface area (Å²) in [5, 5.41) is 2.83. The smallest absolute Gasteiger partial charge is 0.237 e. The molecule has 1 rings (SSSR count). The summed E-state index contributed by atoms with van der Waals surface area (Å²) < 4.78 is 0. The lowest BCUT2D eigenvalue weighted by molar-refractivity contribution is -0.122. The zero-order valence-electron chi connectivity index (χ0n) is 9.69.